The van der Waals surface area contributed by atoms with Crippen molar-refractivity contribution >= 4 is 5.78 Å². The van der Waals surface area contributed by atoms with Crippen LogP contribution in [0.1, 0.15) is 13.3 Å². The molecule has 0 bridgehead atoms. The van der Waals surface area contributed by atoms with Gasteiger partial charge in [-0.25, -0.2) is 0 Å². The average Bonchev–Trinajstić information content (AvgIpc) is 2.38. The molecular formula is C13H19NO4. The summed E-state index contributed by atoms with van der Waals surface area (Å²) < 4.78 is 5.76. The van der Waals surface area contributed by atoms with Crippen LogP contribution in [0.3, 0.4) is 0 Å². The summed E-state index contributed by atoms with van der Waals surface area (Å²) in [5, 5.41) is 18.5. The monoisotopic (exact) mass is 253 g/mol. The van der Waals surface area contributed by atoms with E-state index in [0.29, 0.717) is 12.3 Å². The van der Waals surface area contributed by atoms with Gasteiger partial charge in [0.2, 0.25) is 0 Å². The molecule has 1 fully saturated rings. The normalized spacial score (nSPS) is 29.5. The number of β-amino-alcohol motifs (C(OH)–C–C–N with tert-alkyl or cyclic N) is 1. The minimum absolute atomic E-state index is 0.0256. The molecule has 100 valence electrons. The first-order valence-electron chi connectivity index (χ1n) is 6.27. The van der Waals surface area contributed by atoms with Crippen LogP contribution in [0.5, 0.6) is 0 Å². The minimum atomic E-state index is -0.833. The molecule has 0 radical (unpaired) electrons. The SMILES string of the molecule is CCC1CN(CC(O)CO)C2C(=O)C=CC=C2O1. The number of ether oxygens (including phenoxy) is 1. The standard InChI is InChI=1S/C13H19NO4/c1-2-10-7-14(6-9(16)8-15)13-11(17)4-3-5-12(13)18-10/h3-5,9-10,13,15-16H,2,6-8H2,1H3. The van der Waals surface area contributed by atoms with Gasteiger partial charge in [0, 0.05) is 13.1 Å². The third-order valence-electron chi connectivity index (χ3n) is 3.28. The number of hydrogen-bond donors (Lipinski definition) is 2. The number of allylic oxidation sites excluding steroid dienone is 2. The number of fused-ring (bicyclic) bond motifs is 1. The lowest BCUT2D eigenvalue weighted by Crippen LogP contribution is -2.54. The highest BCUT2D eigenvalue weighted by molar-refractivity contribution is 5.97. The Morgan fingerprint density at radius 1 is 1.61 bits per heavy atom. The van der Waals surface area contributed by atoms with E-state index < -0.39 is 12.1 Å². The predicted octanol–water partition coefficient (Wildman–Crippen LogP) is -0.158. The van der Waals surface area contributed by atoms with Crippen molar-refractivity contribution in [1.82, 2.24) is 4.90 Å². The maximum absolute atomic E-state index is 11.9. The van der Waals surface area contributed by atoms with Gasteiger partial charge in [0.05, 0.1) is 12.7 Å². The maximum atomic E-state index is 11.9. The predicted molar refractivity (Wildman–Crippen MR) is 65.8 cm³/mol. The highest BCUT2D eigenvalue weighted by Gasteiger charge is 2.38. The first-order valence-corrected chi connectivity index (χ1v) is 6.27. The molecule has 0 aromatic heterocycles. The van der Waals surface area contributed by atoms with Crippen molar-refractivity contribution in [2.75, 3.05) is 19.7 Å². The van der Waals surface area contributed by atoms with Crippen molar-refractivity contribution in [2.45, 2.75) is 31.6 Å². The van der Waals surface area contributed by atoms with Crippen molar-refractivity contribution in [3.8, 4) is 0 Å². The van der Waals surface area contributed by atoms with Crippen LogP contribution < -0.4 is 0 Å². The number of morpholine rings is 1. The van der Waals surface area contributed by atoms with Crippen molar-refractivity contribution in [3.05, 3.63) is 24.0 Å². The lowest BCUT2D eigenvalue weighted by Gasteiger charge is -2.41. The molecule has 1 heterocycles. The number of aliphatic hydroxyl groups is 2. The van der Waals surface area contributed by atoms with Gasteiger partial charge in [0.15, 0.2) is 5.78 Å². The Bertz CT molecular complexity index is 375. The molecule has 0 amide bonds. The summed E-state index contributed by atoms with van der Waals surface area (Å²) in [4.78, 5) is 13.8. The molecule has 0 aromatic rings. The highest BCUT2D eigenvalue weighted by atomic mass is 16.5. The van der Waals surface area contributed by atoms with E-state index in [1.807, 2.05) is 11.8 Å². The highest BCUT2D eigenvalue weighted by Crippen LogP contribution is 2.26. The molecule has 3 unspecified atom stereocenters. The first kappa shape index (κ1) is 13.3. The maximum Gasteiger partial charge on any atom is 0.180 e. The molecule has 5 nitrogen and oxygen atoms in total. The van der Waals surface area contributed by atoms with Crippen molar-refractivity contribution in [3.63, 3.8) is 0 Å². The van der Waals surface area contributed by atoms with Crippen molar-refractivity contribution in [1.29, 1.82) is 0 Å². The van der Waals surface area contributed by atoms with E-state index in [1.54, 1.807) is 12.2 Å². The molecule has 5 heteroatoms. The van der Waals surface area contributed by atoms with Crippen molar-refractivity contribution in [2.24, 2.45) is 0 Å². The van der Waals surface area contributed by atoms with Gasteiger partial charge >= 0.3 is 0 Å². The quantitative estimate of drug-likeness (QED) is 0.728. The van der Waals surface area contributed by atoms with Crippen LogP contribution in [-0.2, 0) is 9.53 Å². The summed E-state index contributed by atoms with van der Waals surface area (Å²) in [5.41, 5.74) is 0. The van der Waals surface area contributed by atoms with Gasteiger partial charge in [-0.2, -0.15) is 0 Å². The molecule has 2 aliphatic rings. The Balaban J connectivity index is 2.17. The molecule has 0 saturated carbocycles. The van der Waals surface area contributed by atoms with E-state index in [9.17, 15) is 9.90 Å². The second-order valence-electron chi connectivity index (χ2n) is 4.67. The molecule has 0 aromatic carbocycles. The zero-order valence-corrected chi connectivity index (χ0v) is 10.5. The Kier molecular flexibility index (Phi) is 4.16. The van der Waals surface area contributed by atoms with Crippen molar-refractivity contribution < 1.29 is 19.7 Å². The summed E-state index contributed by atoms with van der Waals surface area (Å²) in [6.07, 6.45) is 5.03. The van der Waals surface area contributed by atoms with E-state index >= 15 is 0 Å². The van der Waals surface area contributed by atoms with Crippen LogP contribution in [0.25, 0.3) is 0 Å². The van der Waals surface area contributed by atoms with Crippen LogP contribution in [-0.4, -0.2) is 58.8 Å². The van der Waals surface area contributed by atoms with Gasteiger partial charge in [-0.1, -0.05) is 13.0 Å². The van der Waals surface area contributed by atoms with Gasteiger partial charge < -0.3 is 14.9 Å². The summed E-state index contributed by atoms with van der Waals surface area (Å²) in [5.74, 6) is 0.609. The fourth-order valence-corrected chi connectivity index (χ4v) is 2.34. The molecule has 2 rings (SSSR count). The third-order valence-corrected chi connectivity index (χ3v) is 3.28. The summed E-state index contributed by atoms with van der Waals surface area (Å²) in [6.45, 7) is 2.59. The lowest BCUT2D eigenvalue weighted by molar-refractivity contribution is -0.125. The number of hydrogen-bond acceptors (Lipinski definition) is 5. The number of ketones is 1. The average molecular weight is 253 g/mol. The molecule has 0 spiro atoms. The molecular weight excluding hydrogens is 234 g/mol. The van der Waals surface area contributed by atoms with Gasteiger partial charge in [-0.05, 0) is 18.6 Å². The zero-order valence-electron chi connectivity index (χ0n) is 10.5. The Labute approximate surface area is 106 Å². The topological polar surface area (TPSA) is 70.0 Å². The Morgan fingerprint density at radius 2 is 2.39 bits per heavy atom. The van der Waals surface area contributed by atoms with E-state index in [4.69, 9.17) is 9.84 Å². The van der Waals surface area contributed by atoms with E-state index in [-0.39, 0.29) is 25.0 Å². The van der Waals surface area contributed by atoms with Crippen LogP contribution >= 0.6 is 0 Å². The van der Waals surface area contributed by atoms with Gasteiger partial charge in [0.1, 0.15) is 17.9 Å². The third kappa shape index (κ3) is 2.63. The number of nitrogens with zero attached hydrogens (tertiary/aromatic N) is 1. The number of carbonyl (C=O) groups excluding carboxylic acids is 1. The summed E-state index contributed by atoms with van der Waals surface area (Å²) in [6, 6.07) is -0.445. The van der Waals surface area contributed by atoms with Crippen LogP contribution in [0.2, 0.25) is 0 Å². The van der Waals surface area contributed by atoms with Gasteiger partial charge in [-0.3, -0.25) is 9.69 Å². The number of carbonyl (C=O) groups is 1. The molecule has 1 aliphatic carbocycles. The van der Waals surface area contributed by atoms with Gasteiger partial charge in [0.25, 0.3) is 0 Å². The molecule has 1 aliphatic heterocycles. The van der Waals surface area contributed by atoms with E-state index in [0.717, 1.165) is 6.42 Å². The second-order valence-corrected chi connectivity index (χ2v) is 4.67. The first-order chi connectivity index (χ1) is 8.65. The lowest BCUT2D eigenvalue weighted by atomic mass is 9.99. The fraction of sp³-hybridized carbons (Fsp3) is 0.615. The largest absolute Gasteiger partial charge is 0.491 e. The molecule has 3 atom stereocenters. The Hall–Kier alpha value is -1.17. The molecule has 1 saturated heterocycles. The van der Waals surface area contributed by atoms with E-state index in [2.05, 4.69) is 0 Å². The smallest absolute Gasteiger partial charge is 0.180 e. The molecule has 2 N–H and O–H groups in total. The zero-order chi connectivity index (χ0) is 13.1. The summed E-state index contributed by atoms with van der Waals surface area (Å²) in [7, 11) is 0. The van der Waals surface area contributed by atoms with Gasteiger partial charge in [-0.15, -0.1) is 0 Å². The van der Waals surface area contributed by atoms with Crippen LogP contribution in [0.15, 0.2) is 24.0 Å². The fourth-order valence-electron chi connectivity index (χ4n) is 2.34. The Morgan fingerprint density at radius 3 is 3.06 bits per heavy atom. The van der Waals surface area contributed by atoms with E-state index in [1.165, 1.54) is 6.08 Å². The number of rotatable bonds is 4. The number of aliphatic hydroxyl groups excluding tert-OH is 2. The molecule has 18 heavy (non-hydrogen) atoms. The summed E-state index contributed by atoms with van der Waals surface area (Å²) >= 11 is 0. The van der Waals surface area contributed by atoms with Crippen LogP contribution in [0, 0.1) is 0 Å². The van der Waals surface area contributed by atoms with Crippen LogP contribution in [0.4, 0.5) is 0 Å². The minimum Gasteiger partial charge on any atom is -0.491 e. The second kappa shape index (κ2) is 5.65.